The zero-order chi connectivity index (χ0) is 17.6. The summed E-state index contributed by atoms with van der Waals surface area (Å²) in [7, 11) is 0. The molecular formula is C20H41BrO3. The van der Waals surface area contributed by atoms with Gasteiger partial charge in [-0.2, -0.15) is 0 Å². The second-order valence-electron chi connectivity index (χ2n) is 6.42. The minimum absolute atomic E-state index is 0.677. The first kappa shape index (κ1) is 24.4. The molecular weight excluding hydrogens is 368 g/mol. The van der Waals surface area contributed by atoms with Gasteiger partial charge in [0.2, 0.25) is 0 Å². The van der Waals surface area contributed by atoms with Crippen LogP contribution in [0.5, 0.6) is 0 Å². The number of hydrogen-bond acceptors (Lipinski definition) is 3. The fourth-order valence-electron chi connectivity index (χ4n) is 2.53. The number of ether oxygens (including phenoxy) is 3. The highest BCUT2D eigenvalue weighted by Gasteiger charge is 1.94. The summed E-state index contributed by atoms with van der Waals surface area (Å²) in [6.07, 6.45) is 16.0. The molecule has 0 saturated carbocycles. The standard InChI is InChI=1S/C20H41BrO3/c1-2-3-4-5-6-7-8-9-10-12-15-22-17-19-24-20-18-23-16-13-11-14-21/h2-20H2,1H3. The van der Waals surface area contributed by atoms with E-state index in [0.717, 1.165) is 25.0 Å². The lowest BCUT2D eigenvalue weighted by Crippen LogP contribution is -2.10. The van der Waals surface area contributed by atoms with Gasteiger partial charge in [-0.3, -0.25) is 0 Å². The number of halogens is 1. The summed E-state index contributed by atoms with van der Waals surface area (Å²) in [6.45, 7) is 6.75. The Labute approximate surface area is 159 Å². The van der Waals surface area contributed by atoms with Gasteiger partial charge in [0.05, 0.1) is 26.4 Å². The van der Waals surface area contributed by atoms with Crippen molar-refractivity contribution >= 4 is 15.9 Å². The Kier molecular flexibility index (Phi) is 23.7. The lowest BCUT2D eigenvalue weighted by Gasteiger charge is -2.07. The molecule has 0 aliphatic rings. The molecule has 0 rings (SSSR count). The SMILES string of the molecule is CCCCCCCCCCCCOCCOCCOCCCCBr. The van der Waals surface area contributed by atoms with Crippen molar-refractivity contribution in [3.8, 4) is 0 Å². The van der Waals surface area contributed by atoms with Crippen LogP contribution in [0.15, 0.2) is 0 Å². The van der Waals surface area contributed by atoms with Gasteiger partial charge in [0, 0.05) is 18.5 Å². The first-order valence-corrected chi connectivity index (χ1v) is 11.3. The van der Waals surface area contributed by atoms with Crippen molar-refractivity contribution in [2.45, 2.75) is 84.0 Å². The molecule has 0 fully saturated rings. The van der Waals surface area contributed by atoms with Crippen molar-refractivity contribution in [1.82, 2.24) is 0 Å². The quantitative estimate of drug-likeness (QED) is 0.169. The van der Waals surface area contributed by atoms with Crippen molar-refractivity contribution in [2.75, 3.05) is 45.0 Å². The van der Waals surface area contributed by atoms with E-state index in [0.29, 0.717) is 26.4 Å². The fraction of sp³-hybridized carbons (Fsp3) is 1.00. The van der Waals surface area contributed by atoms with Gasteiger partial charge in [0.25, 0.3) is 0 Å². The largest absolute Gasteiger partial charge is 0.379 e. The summed E-state index contributed by atoms with van der Waals surface area (Å²) in [5, 5.41) is 1.06. The Morgan fingerprint density at radius 2 is 0.833 bits per heavy atom. The zero-order valence-electron chi connectivity index (χ0n) is 16.0. The van der Waals surface area contributed by atoms with Crippen molar-refractivity contribution in [3.05, 3.63) is 0 Å². The molecule has 3 nitrogen and oxygen atoms in total. The normalized spacial score (nSPS) is 11.2. The summed E-state index contributed by atoms with van der Waals surface area (Å²) < 4.78 is 16.5. The third-order valence-corrected chi connectivity index (χ3v) is 4.62. The summed E-state index contributed by atoms with van der Waals surface area (Å²) >= 11 is 3.41. The van der Waals surface area contributed by atoms with Crippen LogP contribution in [-0.2, 0) is 14.2 Å². The summed E-state index contributed by atoms with van der Waals surface area (Å²) in [4.78, 5) is 0. The Morgan fingerprint density at radius 3 is 1.29 bits per heavy atom. The molecule has 0 aliphatic heterocycles. The highest BCUT2D eigenvalue weighted by Crippen LogP contribution is 2.10. The third kappa shape index (κ3) is 22.4. The van der Waals surface area contributed by atoms with Crippen LogP contribution in [0.25, 0.3) is 0 Å². The average molecular weight is 409 g/mol. The van der Waals surface area contributed by atoms with Crippen LogP contribution in [0.2, 0.25) is 0 Å². The summed E-state index contributed by atoms with van der Waals surface area (Å²) in [5.74, 6) is 0. The Balaban J connectivity index is 2.93. The van der Waals surface area contributed by atoms with E-state index >= 15 is 0 Å². The molecule has 0 saturated heterocycles. The predicted molar refractivity (Wildman–Crippen MR) is 107 cm³/mol. The van der Waals surface area contributed by atoms with Crippen LogP contribution in [0, 0.1) is 0 Å². The van der Waals surface area contributed by atoms with Gasteiger partial charge in [-0.15, -0.1) is 0 Å². The van der Waals surface area contributed by atoms with E-state index < -0.39 is 0 Å². The van der Waals surface area contributed by atoms with Gasteiger partial charge in [-0.25, -0.2) is 0 Å². The van der Waals surface area contributed by atoms with Crippen LogP contribution in [0.3, 0.4) is 0 Å². The molecule has 0 radical (unpaired) electrons. The molecule has 0 aliphatic carbocycles. The molecule has 0 N–H and O–H groups in total. The minimum atomic E-state index is 0.677. The maximum Gasteiger partial charge on any atom is 0.0701 e. The van der Waals surface area contributed by atoms with Gasteiger partial charge in [0.1, 0.15) is 0 Å². The summed E-state index contributed by atoms with van der Waals surface area (Å²) in [6, 6.07) is 0. The van der Waals surface area contributed by atoms with E-state index in [1.54, 1.807) is 0 Å². The number of alkyl halides is 1. The van der Waals surface area contributed by atoms with Crippen LogP contribution < -0.4 is 0 Å². The van der Waals surface area contributed by atoms with Gasteiger partial charge < -0.3 is 14.2 Å². The number of rotatable bonds is 21. The van der Waals surface area contributed by atoms with Gasteiger partial charge in [-0.05, 0) is 19.3 Å². The molecule has 146 valence electrons. The first-order valence-electron chi connectivity index (χ1n) is 10.2. The van der Waals surface area contributed by atoms with E-state index in [1.807, 2.05) is 0 Å². The van der Waals surface area contributed by atoms with E-state index in [2.05, 4.69) is 22.9 Å². The Bertz CT molecular complexity index is 193. The molecule has 0 aromatic rings. The van der Waals surface area contributed by atoms with E-state index in [9.17, 15) is 0 Å². The second kappa shape index (κ2) is 23.4. The highest BCUT2D eigenvalue weighted by molar-refractivity contribution is 9.09. The van der Waals surface area contributed by atoms with Gasteiger partial charge in [0.15, 0.2) is 0 Å². The maximum atomic E-state index is 5.59. The van der Waals surface area contributed by atoms with Crippen LogP contribution in [-0.4, -0.2) is 45.0 Å². The van der Waals surface area contributed by atoms with E-state index in [-0.39, 0.29) is 0 Å². The number of hydrogen-bond donors (Lipinski definition) is 0. The van der Waals surface area contributed by atoms with Crippen LogP contribution in [0.1, 0.15) is 84.0 Å². The molecule has 0 aromatic heterocycles. The lowest BCUT2D eigenvalue weighted by molar-refractivity contribution is 0.0134. The highest BCUT2D eigenvalue weighted by atomic mass is 79.9. The van der Waals surface area contributed by atoms with E-state index in [4.69, 9.17) is 14.2 Å². The molecule has 0 amide bonds. The molecule has 0 atom stereocenters. The molecule has 0 unspecified atom stereocenters. The van der Waals surface area contributed by atoms with Crippen molar-refractivity contribution in [3.63, 3.8) is 0 Å². The molecule has 0 spiro atoms. The predicted octanol–water partition coefficient (Wildman–Crippen LogP) is 6.13. The van der Waals surface area contributed by atoms with Crippen molar-refractivity contribution in [1.29, 1.82) is 0 Å². The van der Waals surface area contributed by atoms with Gasteiger partial charge >= 0.3 is 0 Å². The van der Waals surface area contributed by atoms with Crippen molar-refractivity contribution in [2.24, 2.45) is 0 Å². The molecule has 0 heterocycles. The number of unbranched alkanes of at least 4 members (excludes halogenated alkanes) is 10. The maximum absolute atomic E-state index is 5.59. The molecule has 0 aromatic carbocycles. The van der Waals surface area contributed by atoms with Crippen LogP contribution >= 0.6 is 15.9 Å². The fourth-order valence-corrected chi connectivity index (χ4v) is 2.93. The average Bonchev–Trinajstić information content (AvgIpc) is 2.60. The van der Waals surface area contributed by atoms with Crippen LogP contribution in [0.4, 0.5) is 0 Å². The summed E-state index contributed by atoms with van der Waals surface area (Å²) in [5.41, 5.74) is 0. The molecule has 24 heavy (non-hydrogen) atoms. The van der Waals surface area contributed by atoms with E-state index in [1.165, 1.54) is 70.6 Å². The molecule has 4 heteroatoms. The topological polar surface area (TPSA) is 27.7 Å². The smallest absolute Gasteiger partial charge is 0.0701 e. The molecule has 0 bridgehead atoms. The third-order valence-electron chi connectivity index (χ3n) is 4.06. The zero-order valence-corrected chi connectivity index (χ0v) is 17.6. The lowest BCUT2D eigenvalue weighted by atomic mass is 10.1. The minimum Gasteiger partial charge on any atom is -0.379 e. The first-order chi connectivity index (χ1) is 11.9. The van der Waals surface area contributed by atoms with Crippen molar-refractivity contribution < 1.29 is 14.2 Å². The van der Waals surface area contributed by atoms with Gasteiger partial charge in [-0.1, -0.05) is 80.6 Å². The second-order valence-corrected chi connectivity index (χ2v) is 7.21. The monoisotopic (exact) mass is 408 g/mol. The Hall–Kier alpha value is 0.360. The Morgan fingerprint density at radius 1 is 0.458 bits per heavy atom.